The lowest BCUT2D eigenvalue weighted by atomic mass is 10.0. The number of benzene rings is 2. The third-order valence-electron chi connectivity index (χ3n) is 4.89. The molecule has 1 aliphatic heterocycles. The Morgan fingerprint density at radius 1 is 1.10 bits per heavy atom. The number of amides is 1. The molecular formula is C23H26FNO5. The van der Waals surface area contributed by atoms with E-state index in [2.05, 4.69) is 0 Å². The Kier molecular flexibility index (Phi) is 6.29. The van der Waals surface area contributed by atoms with Crippen molar-refractivity contribution in [3.8, 4) is 5.75 Å². The molecule has 30 heavy (non-hydrogen) atoms. The molecule has 1 N–H and O–H groups in total. The number of nitrogens with zero attached hydrogens (tertiary/aromatic N) is 1. The first kappa shape index (κ1) is 21.6. The van der Waals surface area contributed by atoms with Gasteiger partial charge in [-0.05, 0) is 57.4 Å². The molecule has 160 valence electrons. The zero-order valence-corrected chi connectivity index (χ0v) is 17.3. The summed E-state index contributed by atoms with van der Waals surface area (Å²) in [6.45, 7) is 5.33. The molecule has 0 aromatic heterocycles. The molecule has 2 atom stereocenters. The Hall–Kier alpha value is -3.09. The monoisotopic (exact) mass is 415 g/mol. The van der Waals surface area contributed by atoms with E-state index in [1.165, 1.54) is 11.0 Å². The Bertz CT molecular complexity index is 907. The van der Waals surface area contributed by atoms with Crippen molar-refractivity contribution in [2.45, 2.75) is 57.9 Å². The minimum atomic E-state index is -1.05. The molecule has 0 bridgehead atoms. The molecule has 3 rings (SSSR count). The van der Waals surface area contributed by atoms with Crippen molar-refractivity contribution >= 4 is 12.1 Å². The zero-order chi connectivity index (χ0) is 21.9. The van der Waals surface area contributed by atoms with Crippen molar-refractivity contribution in [3.05, 3.63) is 65.5 Å². The third-order valence-corrected chi connectivity index (χ3v) is 4.89. The third kappa shape index (κ3) is 5.09. The summed E-state index contributed by atoms with van der Waals surface area (Å²) in [5, 5.41) is 9.54. The highest BCUT2D eigenvalue weighted by Crippen LogP contribution is 2.38. The molecule has 1 saturated heterocycles. The Morgan fingerprint density at radius 3 is 2.37 bits per heavy atom. The summed E-state index contributed by atoms with van der Waals surface area (Å²) in [4.78, 5) is 25.7. The molecule has 0 radical (unpaired) electrons. The highest BCUT2D eigenvalue weighted by molar-refractivity contribution is 5.81. The highest BCUT2D eigenvalue weighted by Gasteiger charge is 2.43. The molecule has 0 spiro atoms. The molecule has 0 aliphatic carbocycles. The van der Waals surface area contributed by atoms with E-state index >= 15 is 0 Å². The van der Waals surface area contributed by atoms with Crippen LogP contribution in [-0.4, -0.2) is 33.7 Å². The summed E-state index contributed by atoms with van der Waals surface area (Å²) >= 11 is 0. The van der Waals surface area contributed by atoms with E-state index in [1.54, 1.807) is 63.2 Å². The molecule has 2 aromatic rings. The second-order valence-corrected chi connectivity index (χ2v) is 8.28. The number of hydrogen-bond donors (Lipinski definition) is 1. The van der Waals surface area contributed by atoms with Gasteiger partial charge in [-0.15, -0.1) is 0 Å². The number of carbonyl (C=O) groups excluding carboxylic acids is 1. The lowest BCUT2D eigenvalue weighted by Gasteiger charge is -2.31. The first-order valence-corrected chi connectivity index (χ1v) is 9.86. The van der Waals surface area contributed by atoms with Gasteiger partial charge in [-0.1, -0.05) is 30.3 Å². The van der Waals surface area contributed by atoms with Crippen molar-refractivity contribution in [2.24, 2.45) is 0 Å². The second kappa shape index (κ2) is 8.73. The maximum absolute atomic E-state index is 13.7. The zero-order valence-electron chi connectivity index (χ0n) is 17.3. The van der Waals surface area contributed by atoms with E-state index < -0.39 is 29.7 Å². The average Bonchev–Trinajstić information content (AvgIpc) is 3.12. The van der Waals surface area contributed by atoms with Crippen molar-refractivity contribution in [2.75, 3.05) is 0 Å². The van der Waals surface area contributed by atoms with Crippen LogP contribution < -0.4 is 4.74 Å². The van der Waals surface area contributed by atoms with Gasteiger partial charge in [-0.2, -0.15) is 0 Å². The molecule has 7 heteroatoms. The lowest BCUT2D eigenvalue weighted by Crippen LogP contribution is -2.44. The summed E-state index contributed by atoms with van der Waals surface area (Å²) in [5.41, 5.74) is 0.526. The van der Waals surface area contributed by atoms with Crippen LogP contribution in [-0.2, 0) is 16.1 Å². The molecule has 0 unspecified atom stereocenters. The van der Waals surface area contributed by atoms with Crippen LogP contribution in [0.15, 0.2) is 48.5 Å². The predicted molar refractivity (Wildman–Crippen MR) is 109 cm³/mol. The SMILES string of the molecule is CC(C)(C)OC(=O)N1[C@@H](c2ccc(OCc3ccccc3F)cc2)CC[C@H]1C(=O)O. The van der Waals surface area contributed by atoms with Gasteiger partial charge in [0, 0.05) is 5.56 Å². The van der Waals surface area contributed by atoms with E-state index in [0.29, 0.717) is 24.2 Å². The van der Waals surface area contributed by atoms with E-state index in [4.69, 9.17) is 9.47 Å². The van der Waals surface area contributed by atoms with Gasteiger partial charge >= 0.3 is 12.1 Å². The number of carbonyl (C=O) groups is 2. The van der Waals surface area contributed by atoms with E-state index in [9.17, 15) is 19.1 Å². The minimum Gasteiger partial charge on any atom is -0.489 e. The van der Waals surface area contributed by atoms with Crippen LogP contribution in [0.2, 0.25) is 0 Å². The maximum atomic E-state index is 13.7. The average molecular weight is 415 g/mol. The highest BCUT2D eigenvalue weighted by atomic mass is 19.1. The topological polar surface area (TPSA) is 76.1 Å². The number of hydrogen-bond acceptors (Lipinski definition) is 4. The Labute approximate surface area is 175 Å². The van der Waals surface area contributed by atoms with Crippen LogP contribution in [0.25, 0.3) is 0 Å². The molecular weight excluding hydrogens is 389 g/mol. The van der Waals surface area contributed by atoms with Gasteiger partial charge in [0.1, 0.15) is 29.8 Å². The number of likely N-dealkylation sites (tertiary alicyclic amines) is 1. The predicted octanol–water partition coefficient (Wildman–Crippen LogP) is 4.93. The van der Waals surface area contributed by atoms with Crippen LogP contribution >= 0.6 is 0 Å². The fourth-order valence-electron chi connectivity index (χ4n) is 3.51. The number of rotatable bonds is 5. The molecule has 6 nitrogen and oxygen atoms in total. The summed E-state index contributed by atoms with van der Waals surface area (Å²) in [6.07, 6.45) is 0.230. The normalized spacial score (nSPS) is 18.9. The fraction of sp³-hybridized carbons (Fsp3) is 0.391. The van der Waals surface area contributed by atoms with Crippen LogP contribution in [0.3, 0.4) is 0 Å². The largest absolute Gasteiger partial charge is 0.489 e. The minimum absolute atomic E-state index is 0.0978. The first-order chi connectivity index (χ1) is 14.2. The van der Waals surface area contributed by atoms with Gasteiger partial charge in [0.2, 0.25) is 0 Å². The van der Waals surface area contributed by atoms with Crippen molar-refractivity contribution in [1.29, 1.82) is 0 Å². The van der Waals surface area contributed by atoms with Crippen LogP contribution in [0, 0.1) is 5.82 Å². The fourth-order valence-corrected chi connectivity index (χ4v) is 3.51. The van der Waals surface area contributed by atoms with Gasteiger partial charge in [-0.3, -0.25) is 4.90 Å². The number of carboxylic acids is 1. The van der Waals surface area contributed by atoms with Crippen LogP contribution in [0.1, 0.15) is 50.8 Å². The molecule has 2 aromatic carbocycles. The lowest BCUT2D eigenvalue weighted by molar-refractivity contribution is -0.142. The quantitative estimate of drug-likeness (QED) is 0.749. The number of carboxylic acid groups (broad SMARTS) is 1. The smallest absolute Gasteiger partial charge is 0.411 e. The summed E-state index contributed by atoms with van der Waals surface area (Å²) in [6, 6.07) is 12.1. The van der Waals surface area contributed by atoms with Crippen LogP contribution in [0.5, 0.6) is 5.75 Å². The van der Waals surface area contributed by atoms with Gasteiger partial charge in [0.25, 0.3) is 0 Å². The summed E-state index contributed by atoms with van der Waals surface area (Å²) < 4.78 is 24.8. The van der Waals surface area contributed by atoms with Gasteiger partial charge < -0.3 is 14.6 Å². The molecule has 0 saturated carbocycles. The Morgan fingerprint density at radius 2 is 1.77 bits per heavy atom. The summed E-state index contributed by atoms with van der Waals surface area (Å²) in [5.74, 6) is -0.820. The van der Waals surface area contributed by atoms with E-state index in [0.717, 1.165) is 5.56 Å². The molecule has 1 fully saturated rings. The first-order valence-electron chi connectivity index (χ1n) is 9.86. The van der Waals surface area contributed by atoms with Gasteiger partial charge in [0.15, 0.2) is 0 Å². The van der Waals surface area contributed by atoms with Crippen molar-refractivity contribution in [1.82, 2.24) is 4.90 Å². The van der Waals surface area contributed by atoms with Crippen LogP contribution in [0.4, 0.5) is 9.18 Å². The van der Waals surface area contributed by atoms with Crippen molar-refractivity contribution in [3.63, 3.8) is 0 Å². The second-order valence-electron chi connectivity index (χ2n) is 8.28. The maximum Gasteiger partial charge on any atom is 0.411 e. The molecule has 1 heterocycles. The Balaban J connectivity index is 1.74. The van der Waals surface area contributed by atoms with Gasteiger partial charge in [0.05, 0.1) is 6.04 Å². The number of halogens is 1. The molecule has 1 amide bonds. The number of ether oxygens (including phenoxy) is 2. The standard InChI is InChI=1S/C23H26FNO5/c1-23(2,3)30-22(28)25-19(12-13-20(25)21(26)27)15-8-10-17(11-9-15)29-14-16-6-4-5-7-18(16)24/h4-11,19-20H,12-14H2,1-3H3,(H,26,27)/t19-,20+/m1/s1. The summed E-state index contributed by atoms with van der Waals surface area (Å²) in [7, 11) is 0. The van der Waals surface area contributed by atoms with E-state index in [1.807, 2.05) is 0 Å². The number of aliphatic carboxylic acids is 1. The van der Waals surface area contributed by atoms with E-state index in [-0.39, 0.29) is 12.4 Å². The molecule has 1 aliphatic rings. The van der Waals surface area contributed by atoms with Gasteiger partial charge in [-0.25, -0.2) is 14.0 Å². The van der Waals surface area contributed by atoms with Crippen molar-refractivity contribution < 1.29 is 28.6 Å².